The second-order valence-corrected chi connectivity index (χ2v) is 5.63. The van der Waals surface area contributed by atoms with E-state index in [1.165, 1.54) is 0 Å². The molecule has 18 heavy (non-hydrogen) atoms. The highest BCUT2D eigenvalue weighted by molar-refractivity contribution is 9.10. The van der Waals surface area contributed by atoms with Crippen molar-refractivity contribution in [3.8, 4) is 5.69 Å². The Bertz CT molecular complexity index is 549. The molecule has 2 rings (SSSR count). The highest BCUT2D eigenvalue weighted by Crippen LogP contribution is 2.28. The average molecular weight is 330 g/mol. The maximum absolute atomic E-state index is 9.41. The van der Waals surface area contributed by atoms with Gasteiger partial charge < -0.3 is 5.11 Å². The van der Waals surface area contributed by atoms with Crippen molar-refractivity contribution in [3.05, 3.63) is 45.1 Å². The van der Waals surface area contributed by atoms with Gasteiger partial charge in [0.2, 0.25) is 0 Å². The monoisotopic (exact) mass is 328 g/mol. The molecule has 0 aliphatic carbocycles. The first-order chi connectivity index (χ1) is 8.54. The first-order valence-electron chi connectivity index (χ1n) is 5.68. The molecule has 0 saturated heterocycles. The molecule has 2 aromatic rings. The zero-order chi connectivity index (χ0) is 13.3. The van der Waals surface area contributed by atoms with Crippen LogP contribution in [0.3, 0.4) is 0 Å². The molecule has 1 aromatic carbocycles. The van der Waals surface area contributed by atoms with Crippen molar-refractivity contribution >= 4 is 27.5 Å². The van der Waals surface area contributed by atoms with Crippen LogP contribution in [0.15, 0.2) is 28.7 Å². The number of rotatable bonds is 3. The van der Waals surface area contributed by atoms with Gasteiger partial charge in [-0.2, -0.15) is 5.10 Å². The van der Waals surface area contributed by atoms with Crippen LogP contribution in [0, 0.1) is 0 Å². The fraction of sp³-hybridized carbons (Fsp3) is 0.308. The molecule has 0 aliphatic heterocycles. The third kappa shape index (κ3) is 2.46. The lowest BCUT2D eigenvalue weighted by Gasteiger charge is -2.03. The minimum absolute atomic E-state index is 0.0944. The summed E-state index contributed by atoms with van der Waals surface area (Å²) in [7, 11) is 0. The first-order valence-corrected chi connectivity index (χ1v) is 6.85. The zero-order valence-electron chi connectivity index (χ0n) is 10.2. The Morgan fingerprint density at radius 3 is 2.39 bits per heavy atom. The summed E-state index contributed by atoms with van der Waals surface area (Å²) in [6.07, 6.45) is 0. The molecule has 0 radical (unpaired) electrons. The molecule has 0 aliphatic rings. The Morgan fingerprint density at radius 1 is 1.33 bits per heavy atom. The molecule has 1 heterocycles. The molecule has 0 amide bonds. The topological polar surface area (TPSA) is 38.0 Å². The van der Waals surface area contributed by atoms with Gasteiger partial charge in [0, 0.05) is 10.0 Å². The van der Waals surface area contributed by atoms with Crippen LogP contribution in [0.4, 0.5) is 0 Å². The minimum Gasteiger partial charge on any atom is -0.391 e. The van der Waals surface area contributed by atoms with Gasteiger partial charge in [-0.15, -0.1) is 0 Å². The summed E-state index contributed by atoms with van der Waals surface area (Å²) < 4.78 is 2.66. The van der Waals surface area contributed by atoms with Gasteiger partial charge in [0.1, 0.15) is 5.15 Å². The van der Waals surface area contributed by atoms with Gasteiger partial charge in [0.25, 0.3) is 0 Å². The van der Waals surface area contributed by atoms with Crippen LogP contribution in [0.25, 0.3) is 5.69 Å². The molecule has 0 fully saturated rings. The summed E-state index contributed by atoms with van der Waals surface area (Å²) in [5, 5.41) is 14.4. The van der Waals surface area contributed by atoms with Crippen LogP contribution in [0.5, 0.6) is 0 Å². The van der Waals surface area contributed by atoms with Gasteiger partial charge in [-0.25, -0.2) is 4.68 Å². The summed E-state index contributed by atoms with van der Waals surface area (Å²) in [6, 6.07) is 7.71. The second-order valence-electron chi connectivity index (χ2n) is 4.36. The second kappa shape index (κ2) is 5.43. The number of hydrogen-bond acceptors (Lipinski definition) is 2. The lowest BCUT2D eigenvalue weighted by atomic mass is 10.1. The third-order valence-corrected chi connectivity index (χ3v) is 3.64. The fourth-order valence-electron chi connectivity index (χ4n) is 1.81. The van der Waals surface area contributed by atoms with E-state index in [2.05, 4.69) is 21.0 Å². The van der Waals surface area contributed by atoms with Crippen molar-refractivity contribution < 1.29 is 5.11 Å². The van der Waals surface area contributed by atoms with E-state index in [0.29, 0.717) is 10.7 Å². The lowest BCUT2D eigenvalue weighted by molar-refractivity contribution is 0.280. The van der Waals surface area contributed by atoms with Crippen molar-refractivity contribution in [2.75, 3.05) is 0 Å². The van der Waals surface area contributed by atoms with E-state index in [4.69, 9.17) is 11.6 Å². The number of aliphatic hydroxyl groups excluding tert-OH is 1. The Kier molecular flexibility index (Phi) is 4.10. The Morgan fingerprint density at radius 2 is 1.94 bits per heavy atom. The molecule has 0 unspecified atom stereocenters. The molecule has 0 atom stereocenters. The molecule has 96 valence electrons. The van der Waals surface area contributed by atoms with Gasteiger partial charge in [-0.3, -0.25) is 0 Å². The summed E-state index contributed by atoms with van der Waals surface area (Å²) in [5.41, 5.74) is 2.42. The number of halogens is 2. The predicted molar refractivity (Wildman–Crippen MR) is 76.3 cm³/mol. The van der Waals surface area contributed by atoms with E-state index in [1.54, 1.807) is 4.68 Å². The maximum Gasteiger partial charge on any atom is 0.138 e. The molecule has 1 aromatic heterocycles. The fourth-order valence-corrected chi connectivity index (χ4v) is 2.37. The van der Waals surface area contributed by atoms with Crippen LogP contribution in [-0.2, 0) is 6.61 Å². The molecule has 3 nitrogen and oxygen atoms in total. The Balaban J connectivity index is 2.55. The Hall–Kier alpha value is -0.840. The number of aromatic nitrogens is 2. The van der Waals surface area contributed by atoms with Crippen LogP contribution < -0.4 is 0 Å². The molecular weight excluding hydrogens is 316 g/mol. The minimum atomic E-state index is -0.0944. The summed E-state index contributed by atoms with van der Waals surface area (Å²) in [5.74, 6) is 0.223. The SMILES string of the molecule is CC(C)c1nn(-c2ccc(Br)cc2)c(Cl)c1CO. The van der Waals surface area contributed by atoms with Crippen molar-refractivity contribution in [2.45, 2.75) is 26.4 Å². The quantitative estimate of drug-likeness (QED) is 0.927. The molecular formula is C13H14BrClN2O. The van der Waals surface area contributed by atoms with Crippen molar-refractivity contribution in [3.63, 3.8) is 0 Å². The van der Waals surface area contributed by atoms with Crippen LogP contribution in [-0.4, -0.2) is 14.9 Å². The summed E-state index contributed by atoms with van der Waals surface area (Å²) in [4.78, 5) is 0. The highest BCUT2D eigenvalue weighted by atomic mass is 79.9. The van der Waals surface area contributed by atoms with E-state index in [1.807, 2.05) is 38.1 Å². The van der Waals surface area contributed by atoms with Gasteiger partial charge in [-0.1, -0.05) is 41.4 Å². The van der Waals surface area contributed by atoms with Gasteiger partial charge in [0.05, 0.1) is 18.0 Å². The van der Waals surface area contributed by atoms with E-state index >= 15 is 0 Å². The van der Waals surface area contributed by atoms with Crippen molar-refractivity contribution in [1.29, 1.82) is 0 Å². The van der Waals surface area contributed by atoms with Crippen LogP contribution in [0.2, 0.25) is 5.15 Å². The summed E-state index contributed by atoms with van der Waals surface area (Å²) in [6.45, 7) is 3.97. The lowest BCUT2D eigenvalue weighted by Crippen LogP contribution is -1.98. The number of benzene rings is 1. The van der Waals surface area contributed by atoms with Gasteiger partial charge in [-0.05, 0) is 30.2 Å². The maximum atomic E-state index is 9.41. The molecule has 0 saturated carbocycles. The van der Waals surface area contributed by atoms with E-state index in [0.717, 1.165) is 15.9 Å². The smallest absolute Gasteiger partial charge is 0.138 e. The van der Waals surface area contributed by atoms with E-state index in [-0.39, 0.29) is 12.5 Å². The van der Waals surface area contributed by atoms with E-state index < -0.39 is 0 Å². The number of nitrogens with zero attached hydrogens (tertiary/aromatic N) is 2. The molecule has 5 heteroatoms. The number of aliphatic hydroxyl groups is 1. The predicted octanol–water partition coefficient (Wildman–Crippen LogP) is 3.90. The first kappa shape index (κ1) is 13.6. The Labute approximate surface area is 120 Å². The van der Waals surface area contributed by atoms with Gasteiger partial charge >= 0.3 is 0 Å². The third-order valence-electron chi connectivity index (χ3n) is 2.73. The summed E-state index contributed by atoms with van der Waals surface area (Å²) >= 11 is 9.67. The van der Waals surface area contributed by atoms with Gasteiger partial charge in [0.15, 0.2) is 0 Å². The van der Waals surface area contributed by atoms with E-state index in [9.17, 15) is 5.11 Å². The zero-order valence-corrected chi connectivity index (χ0v) is 12.5. The normalized spacial score (nSPS) is 11.2. The molecule has 1 N–H and O–H groups in total. The molecule has 0 bridgehead atoms. The van der Waals surface area contributed by atoms with Crippen LogP contribution >= 0.6 is 27.5 Å². The number of hydrogen-bond donors (Lipinski definition) is 1. The van der Waals surface area contributed by atoms with Crippen molar-refractivity contribution in [1.82, 2.24) is 9.78 Å². The molecule has 0 spiro atoms. The standard InChI is InChI=1S/C13H14BrClN2O/c1-8(2)12-11(7-18)13(15)17(16-12)10-5-3-9(14)4-6-10/h3-6,8,18H,7H2,1-2H3. The van der Waals surface area contributed by atoms with Crippen LogP contribution in [0.1, 0.15) is 31.0 Å². The highest BCUT2D eigenvalue weighted by Gasteiger charge is 2.18. The van der Waals surface area contributed by atoms with Crippen molar-refractivity contribution in [2.24, 2.45) is 0 Å². The average Bonchev–Trinajstić information content (AvgIpc) is 2.67. The largest absolute Gasteiger partial charge is 0.391 e.